The number of hydrogen-bond donors (Lipinski definition) is 1. The zero-order valence-electron chi connectivity index (χ0n) is 10.8. The summed E-state index contributed by atoms with van der Waals surface area (Å²) in [5, 5.41) is 9.39. The zero-order chi connectivity index (χ0) is 15.0. The Balaban J connectivity index is 1.76. The third-order valence-corrected chi connectivity index (χ3v) is 4.34. The van der Waals surface area contributed by atoms with Gasteiger partial charge in [-0.05, 0) is 12.1 Å². The molecule has 1 aliphatic rings. The molecule has 0 aliphatic carbocycles. The van der Waals surface area contributed by atoms with E-state index in [0.717, 1.165) is 11.3 Å². The summed E-state index contributed by atoms with van der Waals surface area (Å²) in [7, 11) is 0. The van der Waals surface area contributed by atoms with E-state index in [9.17, 15) is 14.0 Å². The number of furan rings is 1. The smallest absolute Gasteiger partial charge is 0.343 e. The minimum absolute atomic E-state index is 0.0790. The van der Waals surface area contributed by atoms with Gasteiger partial charge in [0, 0.05) is 13.0 Å². The van der Waals surface area contributed by atoms with Gasteiger partial charge in [0.25, 0.3) is 5.91 Å². The van der Waals surface area contributed by atoms with Gasteiger partial charge < -0.3 is 14.4 Å². The third-order valence-electron chi connectivity index (χ3n) is 3.34. The maximum atomic E-state index is 14.0. The van der Waals surface area contributed by atoms with Crippen LogP contribution >= 0.6 is 11.3 Å². The van der Waals surface area contributed by atoms with Crippen LogP contribution in [0.15, 0.2) is 29.0 Å². The van der Waals surface area contributed by atoms with Gasteiger partial charge in [0.2, 0.25) is 5.67 Å². The van der Waals surface area contributed by atoms with E-state index in [2.05, 4.69) is 4.98 Å². The van der Waals surface area contributed by atoms with Crippen molar-refractivity contribution >= 4 is 23.2 Å². The highest BCUT2D eigenvalue weighted by Gasteiger charge is 2.47. The zero-order valence-corrected chi connectivity index (χ0v) is 11.6. The number of carbonyl (C=O) groups is 2. The lowest BCUT2D eigenvalue weighted by atomic mass is 10.1. The lowest BCUT2D eigenvalue weighted by Gasteiger charge is -2.16. The normalized spacial score (nSPS) is 21.7. The molecule has 3 heterocycles. The Labute approximate surface area is 122 Å². The first-order chi connectivity index (χ1) is 9.99. The van der Waals surface area contributed by atoms with Gasteiger partial charge in [0.05, 0.1) is 19.0 Å². The SMILES string of the molecule is O=C(c1cnc(-c2ccco2)s1)N1CCC(F)(C(=O)O)C1. The Morgan fingerprint density at radius 1 is 1.52 bits per heavy atom. The first-order valence-corrected chi connectivity index (χ1v) is 7.02. The van der Waals surface area contributed by atoms with E-state index in [1.165, 1.54) is 17.4 Å². The maximum Gasteiger partial charge on any atom is 0.343 e. The average Bonchev–Trinajstić information content (AvgIpc) is 3.18. The van der Waals surface area contributed by atoms with Crippen molar-refractivity contribution < 1.29 is 23.5 Å². The molecule has 8 heteroatoms. The molecule has 1 N–H and O–H groups in total. The molecule has 2 aromatic heterocycles. The van der Waals surface area contributed by atoms with E-state index < -0.39 is 24.1 Å². The highest BCUT2D eigenvalue weighted by molar-refractivity contribution is 7.16. The Hall–Kier alpha value is -2.22. The molecule has 0 spiro atoms. The number of halogens is 1. The Morgan fingerprint density at radius 2 is 2.33 bits per heavy atom. The molecular weight excluding hydrogens is 299 g/mol. The molecule has 1 atom stereocenters. The number of likely N-dealkylation sites (tertiary alicyclic amines) is 1. The third kappa shape index (κ3) is 2.42. The number of nitrogens with zero attached hydrogens (tertiary/aromatic N) is 2. The van der Waals surface area contributed by atoms with E-state index in [-0.39, 0.29) is 13.0 Å². The number of aliphatic carboxylic acids is 1. The van der Waals surface area contributed by atoms with Gasteiger partial charge in [-0.15, -0.1) is 11.3 Å². The van der Waals surface area contributed by atoms with Crippen LogP contribution in [0, 0.1) is 0 Å². The Morgan fingerprint density at radius 3 is 2.95 bits per heavy atom. The number of hydrogen-bond acceptors (Lipinski definition) is 5. The van der Waals surface area contributed by atoms with Crippen LogP contribution in [-0.2, 0) is 4.79 Å². The monoisotopic (exact) mass is 310 g/mol. The van der Waals surface area contributed by atoms with Crippen LogP contribution in [0.1, 0.15) is 16.1 Å². The number of thiazole rings is 1. The lowest BCUT2D eigenvalue weighted by Crippen LogP contribution is -2.38. The molecule has 0 saturated carbocycles. The number of aromatic nitrogens is 1. The molecule has 2 aromatic rings. The maximum absolute atomic E-state index is 14.0. The fourth-order valence-electron chi connectivity index (χ4n) is 2.16. The number of carboxylic acid groups (broad SMARTS) is 1. The van der Waals surface area contributed by atoms with Crippen LogP contribution in [0.4, 0.5) is 4.39 Å². The number of carboxylic acids is 1. The van der Waals surface area contributed by atoms with Crippen LogP contribution in [0.5, 0.6) is 0 Å². The predicted octanol–water partition coefficient (Wildman–Crippen LogP) is 2.04. The second-order valence-corrected chi connectivity index (χ2v) is 5.78. The molecule has 3 rings (SSSR count). The molecule has 0 radical (unpaired) electrons. The van der Waals surface area contributed by atoms with Crippen LogP contribution in [0.25, 0.3) is 10.8 Å². The van der Waals surface area contributed by atoms with E-state index in [1.807, 2.05) is 0 Å². The van der Waals surface area contributed by atoms with Crippen LogP contribution in [0.3, 0.4) is 0 Å². The van der Waals surface area contributed by atoms with Crippen molar-refractivity contribution in [2.75, 3.05) is 13.1 Å². The number of rotatable bonds is 3. The minimum atomic E-state index is -2.36. The fraction of sp³-hybridized carbons (Fsp3) is 0.308. The standard InChI is InChI=1S/C13H11FN2O4S/c14-13(12(18)19)3-4-16(7-13)11(17)9-6-15-10(21-9)8-2-1-5-20-8/h1-2,5-6H,3-4,7H2,(H,18,19). The van der Waals surface area contributed by atoms with Crippen molar-refractivity contribution in [2.24, 2.45) is 0 Å². The Kier molecular flexibility index (Phi) is 3.25. The van der Waals surface area contributed by atoms with Crippen molar-refractivity contribution in [1.29, 1.82) is 0 Å². The molecule has 110 valence electrons. The number of alkyl halides is 1. The van der Waals surface area contributed by atoms with E-state index >= 15 is 0 Å². The van der Waals surface area contributed by atoms with Crippen molar-refractivity contribution in [3.05, 3.63) is 29.5 Å². The van der Waals surface area contributed by atoms with Crippen LogP contribution < -0.4 is 0 Å². The van der Waals surface area contributed by atoms with Crippen molar-refractivity contribution in [3.8, 4) is 10.8 Å². The lowest BCUT2D eigenvalue weighted by molar-refractivity contribution is -0.149. The molecule has 1 fully saturated rings. The molecule has 21 heavy (non-hydrogen) atoms. The number of amides is 1. The highest BCUT2D eigenvalue weighted by atomic mass is 32.1. The second-order valence-electron chi connectivity index (χ2n) is 4.75. The second kappa shape index (κ2) is 4.96. The van der Waals surface area contributed by atoms with Gasteiger partial charge in [-0.1, -0.05) is 0 Å². The molecule has 1 aliphatic heterocycles. The molecule has 0 aromatic carbocycles. The summed E-state index contributed by atoms with van der Waals surface area (Å²) in [6, 6.07) is 3.43. The van der Waals surface area contributed by atoms with Gasteiger partial charge in [-0.3, -0.25) is 4.79 Å². The highest BCUT2D eigenvalue weighted by Crippen LogP contribution is 2.30. The molecule has 1 amide bonds. The average molecular weight is 310 g/mol. The summed E-state index contributed by atoms with van der Waals surface area (Å²) in [4.78, 5) is 28.7. The Bertz CT molecular complexity index is 684. The topological polar surface area (TPSA) is 83.6 Å². The molecule has 0 bridgehead atoms. The molecule has 6 nitrogen and oxygen atoms in total. The first-order valence-electron chi connectivity index (χ1n) is 6.21. The van der Waals surface area contributed by atoms with Crippen LogP contribution in [0.2, 0.25) is 0 Å². The quantitative estimate of drug-likeness (QED) is 0.938. The summed E-state index contributed by atoms with van der Waals surface area (Å²) >= 11 is 1.13. The largest absolute Gasteiger partial charge is 0.479 e. The summed E-state index contributed by atoms with van der Waals surface area (Å²) in [5.74, 6) is -1.39. The molecule has 1 unspecified atom stereocenters. The first kappa shape index (κ1) is 13.7. The summed E-state index contributed by atoms with van der Waals surface area (Å²) in [6.45, 7) is -0.356. The summed E-state index contributed by atoms with van der Waals surface area (Å²) in [6.07, 6.45) is 2.70. The molecule has 1 saturated heterocycles. The van der Waals surface area contributed by atoms with Gasteiger partial charge in [-0.2, -0.15) is 0 Å². The van der Waals surface area contributed by atoms with Crippen LogP contribution in [-0.4, -0.2) is 45.6 Å². The van der Waals surface area contributed by atoms with Crippen molar-refractivity contribution in [2.45, 2.75) is 12.1 Å². The van der Waals surface area contributed by atoms with E-state index in [1.54, 1.807) is 12.1 Å². The molecular formula is C13H11FN2O4S. The van der Waals surface area contributed by atoms with E-state index in [0.29, 0.717) is 15.6 Å². The fourth-order valence-corrected chi connectivity index (χ4v) is 3.02. The predicted molar refractivity (Wildman–Crippen MR) is 71.8 cm³/mol. The minimum Gasteiger partial charge on any atom is -0.479 e. The van der Waals surface area contributed by atoms with Gasteiger partial charge in [0.1, 0.15) is 4.88 Å². The number of carbonyl (C=O) groups excluding carboxylic acids is 1. The van der Waals surface area contributed by atoms with E-state index in [4.69, 9.17) is 9.52 Å². The van der Waals surface area contributed by atoms with Gasteiger partial charge in [0.15, 0.2) is 10.8 Å². The van der Waals surface area contributed by atoms with Gasteiger partial charge in [-0.25, -0.2) is 14.2 Å². The van der Waals surface area contributed by atoms with Gasteiger partial charge >= 0.3 is 5.97 Å². The summed E-state index contributed by atoms with van der Waals surface area (Å²) in [5.41, 5.74) is -2.36. The van der Waals surface area contributed by atoms with Crippen molar-refractivity contribution in [3.63, 3.8) is 0 Å². The summed E-state index contributed by atoms with van der Waals surface area (Å²) < 4.78 is 19.2. The van der Waals surface area contributed by atoms with Crippen molar-refractivity contribution in [1.82, 2.24) is 9.88 Å².